The molecule has 2 fully saturated rings. The molecule has 3 nitrogen and oxygen atoms in total. The predicted molar refractivity (Wildman–Crippen MR) is 78.4 cm³/mol. The van der Waals surface area contributed by atoms with Crippen LogP contribution in [0.1, 0.15) is 31.7 Å². The molecule has 20 heavy (non-hydrogen) atoms. The van der Waals surface area contributed by atoms with E-state index in [9.17, 15) is 9.90 Å². The first-order valence-electron chi connectivity index (χ1n) is 7.62. The summed E-state index contributed by atoms with van der Waals surface area (Å²) in [7, 11) is 1.93. The second-order valence-corrected chi connectivity index (χ2v) is 6.45. The fourth-order valence-electron chi connectivity index (χ4n) is 3.75. The van der Waals surface area contributed by atoms with Crippen LogP contribution >= 0.6 is 0 Å². The summed E-state index contributed by atoms with van der Waals surface area (Å²) < 4.78 is 0. The molecule has 4 atom stereocenters. The van der Waals surface area contributed by atoms with Crippen LogP contribution in [0.4, 0.5) is 0 Å². The maximum absolute atomic E-state index is 12.5. The Labute approximate surface area is 120 Å². The maximum atomic E-state index is 12.5. The summed E-state index contributed by atoms with van der Waals surface area (Å²) in [4.78, 5) is 14.4. The summed E-state index contributed by atoms with van der Waals surface area (Å²) in [5, 5.41) is 9.30. The van der Waals surface area contributed by atoms with E-state index in [-0.39, 0.29) is 11.8 Å². The Morgan fingerprint density at radius 1 is 1.30 bits per heavy atom. The van der Waals surface area contributed by atoms with Gasteiger partial charge in [-0.1, -0.05) is 18.6 Å². The first-order valence-corrected chi connectivity index (χ1v) is 7.62. The number of carbonyl (C=O) groups is 1. The first-order chi connectivity index (χ1) is 9.58. The van der Waals surface area contributed by atoms with Crippen molar-refractivity contribution >= 4 is 5.91 Å². The van der Waals surface area contributed by atoms with Crippen molar-refractivity contribution in [3.63, 3.8) is 0 Å². The van der Waals surface area contributed by atoms with Gasteiger partial charge < -0.3 is 10.0 Å². The summed E-state index contributed by atoms with van der Waals surface area (Å²) >= 11 is 0. The van der Waals surface area contributed by atoms with Gasteiger partial charge in [0.15, 0.2) is 0 Å². The highest BCUT2D eigenvalue weighted by molar-refractivity contribution is 5.82. The van der Waals surface area contributed by atoms with E-state index in [1.165, 1.54) is 19.3 Å². The molecule has 2 saturated carbocycles. The van der Waals surface area contributed by atoms with E-state index in [2.05, 4.69) is 6.92 Å². The van der Waals surface area contributed by atoms with Crippen LogP contribution < -0.4 is 0 Å². The van der Waals surface area contributed by atoms with Gasteiger partial charge >= 0.3 is 0 Å². The Morgan fingerprint density at radius 3 is 2.50 bits per heavy atom. The summed E-state index contributed by atoms with van der Waals surface area (Å²) in [5.74, 6) is 2.32. The maximum Gasteiger partial charge on any atom is 0.226 e. The van der Waals surface area contributed by atoms with Gasteiger partial charge in [-0.15, -0.1) is 0 Å². The second-order valence-electron chi connectivity index (χ2n) is 6.45. The number of amides is 1. The van der Waals surface area contributed by atoms with E-state index in [1.807, 2.05) is 24.1 Å². The SMILES string of the molecule is C[C@@H](Cc1ccc(O)cc1)N(C)C(=O)C1[C@H]2CCC[C@@H]12. The number of phenolic OH excluding ortho intramolecular Hbond substituents is 1. The van der Waals surface area contributed by atoms with E-state index in [4.69, 9.17) is 0 Å². The lowest BCUT2D eigenvalue weighted by Crippen LogP contribution is -2.38. The van der Waals surface area contributed by atoms with Gasteiger partial charge in [-0.25, -0.2) is 0 Å². The van der Waals surface area contributed by atoms with Crippen molar-refractivity contribution in [2.45, 2.75) is 38.6 Å². The van der Waals surface area contributed by atoms with Crippen molar-refractivity contribution < 1.29 is 9.90 Å². The number of hydrogen-bond donors (Lipinski definition) is 1. The van der Waals surface area contributed by atoms with Crippen LogP contribution in [0.5, 0.6) is 5.75 Å². The Bertz CT molecular complexity index is 486. The Morgan fingerprint density at radius 2 is 1.90 bits per heavy atom. The average Bonchev–Trinajstić information content (AvgIpc) is 2.92. The molecule has 1 amide bonds. The Hall–Kier alpha value is -1.51. The summed E-state index contributed by atoms with van der Waals surface area (Å²) in [5.41, 5.74) is 1.16. The number of carbonyl (C=O) groups excluding carboxylic acids is 1. The lowest BCUT2D eigenvalue weighted by Gasteiger charge is -2.26. The van der Waals surface area contributed by atoms with Gasteiger partial charge in [-0.2, -0.15) is 0 Å². The number of likely N-dealkylation sites (N-methyl/N-ethyl adjacent to an activating group) is 1. The minimum atomic E-state index is 0.202. The van der Waals surface area contributed by atoms with Crippen molar-refractivity contribution in [1.82, 2.24) is 4.90 Å². The highest BCUT2D eigenvalue weighted by atomic mass is 16.3. The van der Waals surface area contributed by atoms with Crippen molar-refractivity contribution in [2.24, 2.45) is 17.8 Å². The zero-order valence-corrected chi connectivity index (χ0v) is 12.2. The standard InChI is InChI=1S/C17H23NO2/c1-11(10-12-6-8-13(19)9-7-12)18(2)17(20)16-14-4-3-5-15(14)16/h6-9,11,14-16,19H,3-5,10H2,1-2H3/t11-,14-,15+,16?/m0/s1. The molecule has 3 heteroatoms. The molecular formula is C17H23NO2. The molecule has 0 heterocycles. The molecule has 0 aromatic heterocycles. The monoisotopic (exact) mass is 273 g/mol. The van der Waals surface area contributed by atoms with Gasteiger partial charge in [0, 0.05) is 19.0 Å². The fraction of sp³-hybridized carbons (Fsp3) is 0.588. The molecule has 1 aromatic rings. The number of aromatic hydroxyl groups is 1. The third kappa shape index (κ3) is 2.41. The van der Waals surface area contributed by atoms with Gasteiger partial charge in [0.1, 0.15) is 5.75 Å². The lowest BCUT2D eigenvalue weighted by molar-refractivity contribution is -0.133. The highest BCUT2D eigenvalue weighted by Gasteiger charge is 2.57. The number of benzene rings is 1. The molecule has 1 aromatic carbocycles. The van der Waals surface area contributed by atoms with E-state index >= 15 is 0 Å². The number of nitrogens with zero attached hydrogens (tertiary/aromatic N) is 1. The van der Waals surface area contributed by atoms with Crippen molar-refractivity contribution in [3.05, 3.63) is 29.8 Å². The van der Waals surface area contributed by atoms with Crippen LogP contribution in [0.3, 0.4) is 0 Å². The molecule has 0 bridgehead atoms. The molecule has 1 N–H and O–H groups in total. The molecule has 2 aliphatic rings. The third-order valence-electron chi connectivity index (χ3n) is 5.17. The summed E-state index contributed by atoms with van der Waals surface area (Å²) in [6.07, 6.45) is 4.65. The van der Waals surface area contributed by atoms with Gasteiger partial charge in [0.25, 0.3) is 0 Å². The van der Waals surface area contributed by atoms with E-state index < -0.39 is 0 Å². The van der Waals surface area contributed by atoms with Crippen LogP contribution in [-0.4, -0.2) is 29.0 Å². The fourth-order valence-corrected chi connectivity index (χ4v) is 3.75. The van der Waals surface area contributed by atoms with Crippen LogP contribution in [0, 0.1) is 17.8 Å². The topological polar surface area (TPSA) is 40.5 Å². The summed E-state index contributed by atoms with van der Waals surface area (Å²) in [6.45, 7) is 2.10. The normalized spacial score (nSPS) is 28.8. The zero-order valence-electron chi connectivity index (χ0n) is 12.2. The molecule has 0 saturated heterocycles. The van der Waals surface area contributed by atoms with Gasteiger partial charge in [-0.05, 0) is 55.7 Å². The van der Waals surface area contributed by atoms with Crippen LogP contribution in [-0.2, 0) is 11.2 Å². The minimum absolute atomic E-state index is 0.202. The molecular weight excluding hydrogens is 250 g/mol. The molecule has 1 unspecified atom stereocenters. The largest absolute Gasteiger partial charge is 0.508 e. The van der Waals surface area contributed by atoms with Crippen molar-refractivity contribution in [2.75, 3.05) is 7.05 Å². The van der Waals surface area contributed by atoms with E-state index in [1.54, 1.807) is 12.1 Å². The molecule has 3 rings (SSSR count). The smallest absolute Gasteiger partial charge is 0.226 e. The summed E-state index contributed by atoms with van der Waals surface area (Å²) in [6, 6.07) is 7.46. The molecule has 0 spiro atoms. The van der Waals surface area contributed by atoms with Crippen molar-refractivity contribution in [1.29, 1.82) is 0 Å². The third-order valence-corrected chi connectivity index (χ3v) is 5.17. The second kappa shape index (κ2) is 5.12. The molecule has 2 aliphatic carbocycles. The van der Waals surface area contributed by atoms with Gasteiger partial charge in [0.2, 0.25) is 5.91 Å². The lowest BCUT2D eigenvalue weighted by atomic mass is 10.0. The van der Waals surface area contributed by atoms with Gasteiger partial charge in [-0.3, -0.25) is 4.79 Å². The molecule has 108 valence electrons. The van der Waals surface area contributed by atoms with Crippen LogP contribution in [0.25, 0.3) is 0 Å². The predicted octanol–water partition coefficient (Wildman–Crippen LogP) is 2.83. The Kier molecular flexibility index (Phi) is 3.45. The average molecular weight is 273 g/mol. The molecule has 0 radical (unpaired) electrons. The van der Waals surface area contributed by atoms with Gasteiger partial charge in [0.05, 0.1) is 0 Å². The highest BCUT2D eigenvalue weighted by Crippen LogP contribution is 2.58. The quantitative estimate of drug-likeness (QED) is 0.916. The number of hydrogen-bond acceptors (Lipinski definition) is 2. The number of rotatable bonds is 4. The first kappa shape index (κ1) is 13.5. The minimum Gasteiger partial charge on any atom is -0.508 e. The van der Waals surface area contributed by atoms with E-state index in [0.29, 0.717) is 23.7 Å². The van der Waals surface area contributed by atoms with E-state index in [0.717, 1.165) is 12.0 Å². The van der Waals surface area contributed by atoms with Crippen LogP contribution in [0.15, 0.2) is 24.3 Å². The molecule has 0 aliphatic heterocycles. The number of fused-ring (bicyclic) bond motifs is 1. The van der Waals surface area contributed by atoms with Crippen LogP contribution in [0.2, 0.25) is 0 Å². The van der Waals surface area contributed by atoms with Crippen molar-refractivity contribution in [3.8, 4) is 5.75 Å². The zero-order chi connectivity index (χ0) is 14.3. The Balaban J connectivity index is 1.57. The number of phenols is 1.